The smallest absolute Gasteiger partial charge is 0.404 e. The van der Waals surface area contributed by atoms with Gasteiger partial charge in [0.25, 0.3) is 0 Å². The van der Waals surface area contributed by atoms with Crippen LogP contribution in [0.1, 0.15) is 6.92 Å². The van der Waals surface area contributed by atoms with E-state index in [1.54, 1.807) is 6.92 Å². The topological polar surface area (TPSA) is 72.6 Å². The highest BCUT2D eigenvalue weighted by atomic mass is 16.5. The van der Waals surface area contributed by atoms with Crippen LogP contribution in [0.2, 0.25) is 0 Å². The first kappa shape index (κ1) is 8.23. The highest BCUT2D eigenvalue weighted by Crippen LogP contribution is 1.91. The van der Waals surface area contributed by atoms with E-state index in [0.29, 0.717) is 0 Å². The summed E-state index contributed by atoms with van der Waals surface area (Å²) < 4.78 is 4.37. The third-order valence-corrected chi connectivity index (χ3v) is 0.822. The minimum atomic E-state index is -0.796. The van der Waals surface area contributed by atoms with E-state index in [-0.39, 0.29) is 19.1 Å². The Balaban J connectivity index is 3.16. The Morgan fingerprint density at radius 1 is 1.89 bits per heavy atom. The van der Waals surface area contributed by atoms with Gasteiger partial charge in [0.2, 0.25) is 0 Å². The average molecular weight is 133 g/mol. The first-order chi connectivity index (χ1) is 4.16. The predicted octanol–water partition coefficient (Wildman–Crippen LogP) is -0.290. The van der Waals surface area contributed by atoms with E-state index >= 15 is 0 Å². The second kappa shape index (κ2) is 4.14. The Hall–Kier alpha value is -0.770. The number of carbonyl (C=O) groups is 1. The van der Waals surface area contributed by atoms with Crippen LogP contribution < -0.4 is 5.73 Å². The zero-order chi connectivity index (χ0) is 7.28. The van der Waals surface area contributed by atoms with Crippen molar-refractivity contribution < 1.29 is 14.6 Å². The Kier molecular flexibility index (Phi) is 3.79. The van der Waals surface area contributed by atoms with Crippen LogP contribution in [-0.4, -0.2) is 24.4 Å². The van der Waals surface area contributed by atoms with Gasteiger partial charge in [0.05, 0.1) is 6.61 Å². The monoisotopic (exact) mass is 133 g/mol. The fourth-order valence-electron chi connectivity index (χ4n) is 0.277. The maximum Gasteiger partial charge on any atom is 0.404 e. The lowest BCUT2D eigenvalue weighted by atomic mass is 10.2. The first-order valence-corrected chi connectivity index (χ1v) is 2.70. The van der Waals surface area contributed by atoms with E-state index in [1.807, 2.05) is 0 Å². The van der Waals surface area contributed by atoms with E-state index < -0.39 is 6.09 Å². The fourth-order valence-corrected chi connectivity index (χ4v) is 0.277. The molecule has 1 amide bonds. The highest BCUT2D eigenvalue weighted by Gasteiger charge is 2.00. The number of rotatable bonds is 3. The Morgan fingerprint density at radius 3 is 2.78 bits per heavy atom. The minimum Gasteiger partial charge on any atom is -0.449 e. The first-order valence-electron chi connectivity index (χ1n) is 2.70. The van der Waals surface area contributed by atoms with Gasteiger partial charge >= 0.3 is 6.09 Å². The van der Waals surface area contributed by atoms with Gasteiger partial charge in [-0.25, -0.2) is 4.79 Å². The zero-order valence-electron chi connectivity index (χ0n) is 5.33. The number of nitrogens with two attached hydrogens (primary N) is 1. The second-order valence-electron chi connectivity index (χ2n) is 1.92. The Bertz CT molecular complexity index is 94.2. The molecular weight excluding hydrogens is 122 g/mol. The van der Waals surface area contributed by atoms with Crippen LogP contribution in [0, 0.1) is 5.92 Å². The lowest BCUT2D eigenvalue weighted by Gasteiger charge is -2.05. The molecule has 0 aromatic carbocycles. The van der Waals surface area contributed by atoms with Crippen LogP contribution in [0.5, 0.6) is 0 Å². The summed E-state index contributed by atoms with van der Waals surface area (Å²) in [6.07, 6.45) is -0.796. The summed E-state index contributed by atoms with van der Waals surface area (Å²) in [6.45, 7) is 1.95. The quantitative estimate of drug-likeness (QED) is 0.555. The molecule has 0 spiro atoms. The van der Waals surface area contributed by atoms with Gasteiger partial charge in [-0.3, -0.25) is 0 Å². The normalized spacial score (nSPS) is 12.7. The molecule has 0 aliphatic carbocycles. The number of amides is 1. The van der Waals surface area contributed by atoms with Crippen molar-refractivity contribution in [1.82, 2.24) is 0 Å². The molecule has 1 unspecified atom stereocenters. The van der Waals surface area contributed by atoms with Crippen molar-refractivity contribution >= 4 is 6.09 Å². The van der Waals surface area contributed by atoms with Gasteiger partial charge in [0, 0.05) is 12.5 Å². The summed E-state index contributed by atoms with van der Waals surface area (Å²) in [5.41, 5.74) is 4.65. The van der Waals surface area contributed by atoms with E-state index in [0.717, 1.165) is 0 Å². The molecule has 0 saturated carbocycles. The van der Waals surface area contributed by atoms with Crippen LogP contribution in [0.25, 0.3) is 0 Å². The van der Waals surface area contributed by atoms with Gasteiger partial charge in [-0.1, -0.05) is 6.92 Å². The fraction of sp³-hybridized carbons (Fsp3) is 0.800. The molecule has 0 aliphatic heterocycles. The van der Waals surface area contributed by atoms with Crippen LogP contribution in [0.4, 0.5) is 4.79 Å². The molecule has 0 aromatic heterocycles. The standard InChI is InChI=1S/C5H11NO3/c1-4(2-7)3-9-5(6)8/h4,7H,2-3H2,1H3,(H2,6,8). The maximum atomic E-state index is 9.94. The molecule has 0 fully saturated rings. The maximum absolute atomic E-state index is 9.94. The Morgan fingerprint density at radius 2 is 2.44 bits per heavy atom. The third kappa shape index (κ3) is 5.10. The number of ether oxygens (including phenoxy) is 1. The molecule has 4 heteroatoms. The minimum absolute atomic E-state index is 0.00722. The van der Waals surface area contributed by atoms with Crippen LogP contribution in [0.3, 0.4) is 0 Å². The number of hydrogen-bond donors (Lipinski definition) is 2. The number of primary amides is 1. The summed E-state index contributed by atoms with van der Waals surface area (Å²) in [5, 5.41) is 8.42. The molecule has 4 nitrogen and oxygen atoms in total. The molecule has 0 heterocycles. The van der Waals surface area contributed by atoms with Crippen molar-refractivity contribution in [2.75, 3.05) is 13.2 Å². The summed E-state index contributed by atoms with van der Waals surface area (Å²) in [4.78, 5) is 9.94. The van der Waals surface area contributed by atoms with Crippen molar-refractivity contribution in [3.05, 3.63) is 0 Å². The molecule has 0 radical (unpaired) electrons. The van der Waals surface area contributed by atoms with Gasteiger partial charge in [0.1, 0.15) is 0 Å². The number of carbonyl (C=O) groups excluding carboxylic acids is 1. The molecule has 1 atom stereocenters. The molecular formula is C5H11NO3. The van der Waals surface area contributed by atoms with Gasteiger partial charge in [-0.05, 0) is 0 Å². The number of aliphatic hydroxyl groups excluding tert-OH is 1. The van der Waals surface area contributed by atoms with Crippen molar-refractivity contribution in [2.45, 2.75) is 6.92 Å². The molecule has 0 aliphatic rings. The summed E-state index contributed by atoms with van der Waals surface area (Å²) in [5.74, 6) is -0.0301. The van der Waals surface area contributed by atoms with Crippen molar-refractivity contribution in [3.63, 3.8) is 0 Å². The van der Waals surface area contributed by atoms with Gasteiger partial charge in [-0.2, -0.15) is 0 Å². The molecule has 0 aromatic rings. The summed E-state index contributed by atoms with van der Waals surface area (Å²) in [6, 6.07) is 0. The summed E-state index contributed by atoms with van der Waals surface area (Å²) >= 11 is 0. The molecule has 0 rings (SSSR count). The molecule has 3 N–H and O–H groups in total. The Labute approximate surface area is 53.6 Å². The van der Waals surface area contributed by atoms with E-state index in [2.05, 4.69) is 10.5 Å². The van der Waals surface area contributed by atoms with Crippen LogP contribution in [-0.2, 0) is 4.74 Å². The van der Waals surface area contributed by atoms with Crippen LogP contribution in [0.15, 0.2) is 0 Å². The second-order valence-corrected chi connectivity index (χ2v) is 1.92. The summed E-state index contributed by atoms with van der Waals surface area (Å²) in [7, 11) is 0. The molecule has 9 heavy (non-hydrogen) atoms. The van der Waals surface area contributed by atoms with Gasteiger partial charge in [-0.15, -0.1) is 0 Å². The van der Waals surface area contributed by atoms with Crippen molar-refractivity contribution in [3.8, 4) is 0 Å². The van der Waals surface area contributed by atoms with Crippen LogP contribution >= 0.6 is 0 Å². The van der Waals surface area contributed by atoms with Gasteiger partial charge < -0.3 is 15.6 Å². The van der Waals surface area contributed by atoms with Crippen molar-refractivity contribution in [2.24, 2.45) is 11.7 Å². The zero-order valence-corrected chi connectivity index (χ0v) is 5.33. The lowest BCUT2D eigenvalue weighted by molar-refractivity contribution is 0.117. The number of aliphatic hydroxyl groups is 1. The number of hydrogen-bond acceptors (Lipinski definition) is 3. The van der Waals surface area contributed by atoms with Gasteiger partial charge in [0.15, 0.2) is 0 Å². The molecule has 54 valence electrons. The largest absolute Gasteiger partial charge is 0.449 e. The highest BCUT2D eigenvalue weighted by molar-refractivity contribution is 5.64. The lowest BCUT2D eigenvalue weighted by Crippen LogP contribution is -2.18. The van der Waals surface area contributed by atoms with E-state index in [4.69, 9.17) is 5.11 Å². The van der Waals surface area contributed by atoms with E-state index in [9.17, 15) is 4.79 Å². The van der Waals surface area contributed by atoms with E-state index in [1.165, 1.54) is 0 Å². The SMILES string of the molecule is CC(CO)COC(N)=O. The average Bonchev–Trinajstić information content (AvgIpc) is 1.83. The third-order valence-electron chi connectivity index (χ3n) is 0.822. The van der Waals surface area contributed by atoms with Crippen molar-refractivity contribution in [1.29, 1.82) is 0 Å². The molecule has 0 bridgehead atoms. The predicted molar refractivity (Wildman–Crippen MR) is 31.8 cm³/mol. The molecule has 0 saturated heterocycles.